The van der Waals surface area contributed by atoms with Gasteiger partial charge in [0.2, 0.25) is 0 Å². The van der Waals surface area contributed by atoms with Crippen LogP contribution in [0.3, 0.4) is 0 Å². The number of likely N-dealkylation sites (N-methyl/N-ethyl adjacent to an activating group) is 1. The van der Waals surface area contributed by atoms with Crippen molar-refractivity contribution in [1.29, 1.82) is 0 Å². The molecule has 8 nitrogen and oxygen atoms in total. The number of piperidine rings is 1. The molecule has 0 bridgehead atoms. The number of aromatic nitrogens is 3. The quantitative estimate of drug-likeness (QED) is 0.350. The maximum Gasteiger partial charge on any atom is 0.319 e. The first kappa shape index (κ1) is 25.2. The molecule has 5 heterocycles. The number of benzene rings is 2. The predicted octanol–water partition coefficient (Wildman–Crippen LogP) is 4.94. The lowest BCUT2D eigenvalue weighted by molar-refractivity contribution is 0.138. The van der Waals surface area contributed by atoms with Gasteiger partial charge < -0.3 is 25.6 Å². The number of ether oxygens (including phenoxy) is 1. The minimum absolute atomic E-state index is 0.201. The average Bonchev–Trinajstić information content (AvgIpc) is 3.51. The van der Waals surface area contributed by atoms with Gasteiger partial charge in [-0.3, -0.25) is 0 Å². The molecule has 0 aliphatic carbocycles. The molecule has 3 aliphatic rings. The first-order valence-corrected chi connectivity index (χ1v) is 14.7. The number of hydrogen-bond donors (Lipinski definition) is 2. The Morgan fingerprint density at radius 1 is 1.21 bits per heavy atom. The third kappa shape index (κ3) is 4.38. The van der Waals surface area contributed by atoms with E-state index >= 15 is 4.39 Å². The average molecular weight is 568 g/mol. The van der Waals surface area contributed by atoms with Crippen LogP contribution in [0.1, 0.15) is 25.7 Å². The fraction of sp³-hybridized carbons (Fsp3) is 0.464. The first-order chi connectivity index (χ1) is 18.9. The molecule has 2 aromatic carbocycles. The van der Waals surface area contributed by atoms with Crippen LogP contribution in [0.25, 0.3) is 32.2 Å². The summed E-state index contributed by atoms with van der Waals surface area (Å²) in [5.74, 6) is 0.185. The van der Waals surface area contributed by atoms with Gasteiger partial charge in [-0.05, 0) is 51.4 Å². The van der Waals surface area contributed by atoms with Crippen molar-refractivity contribution >= 4 is 55.0 Å². The summed E-state index contributed by atoms with van der Waals surface area (Å²) >= 11 is 8.21. The van der Waals surface area contributed by atoms with E-state index in [1.807, 2.05) is 18.2 Å². The van der Waals surface area contributed by atoms with E-state index in [1.54, 1.807) is 6.07 Å². The second-order valence-electron chi connectivity index (χ2n) is 11.2. The minimum Gasteiger partial charge on any atom is -0.462 e. The standard InChI is InChI=1S/C28H31ClFN7OS/c1-36-9-3-5-16(36)12-38-27-34-24-18(25(35-27)37-10-4-8-28(15-37)13-32-14-28)11-19(29)21(22(24)30)17-6-2-7-20-23(17)33-26(31)39-20/h2,6-7,11,16,32H,3-5,8-10,12-15H2,1H3,(H2,31,33)/t16-/m0/s1. The molecule has 3 aliphatic heterocycles. The van der Waals surface area contributed by atoms with Crippen LogP contribution < -0.4 is 20.7 Å². The highest BCUT2D eigenvalue weighted by Gasteiger charge is 2.41. The Kier molecular flexibility index (Phi) is 6.26. The van der Waals surface area contributed by atoms with Crippen molar-refractivity contribution in [3.05, 3.63) is 35.1 Å². The van der Waals surface area contributed by atoms with Crippen LogP contribution in [0, 0.1) is 11.2 Å². The molecule has 3 saturated heterocycles. The second kappa shape index (κ2) is 9.69. The first-order valence-electron chi connectivity index (χ1n) is 13.5. The molecule has 1 spiro atoms. The molecular formula is C28H31ClFN7OS. The predicted molar refractivity (Wildman–Crippen MR) is 155 cm³/mol. The zero-order chi connectivity index (χ0) is 26.7. The maximum absolute atomic E-state index is 16.6. The highest BCUT2D eigenvalue weighted by molar-refractivity contribution is 7.22. The van der Waals surface area contributed by atoms with Crippen LogP contribution in [-0.4, -0.2) is 72.3 Å². The number of nitrogens with one attached hydrogen (secondary N) is 1. The van der Waals surface area contributed by atoms with Crippen LogP contribution in [0.4, 0.5) is 15.3 Å². The molecule has 1 atom stereocenters. The van der Waals surface area contributed by atoms with E-state index in [2.05, 4.69) is 32.1 Å². The topological polar surface area (TPSA) is 92.4 Å². The van der Waals surface area contributed by atoms with E-state index in [1.165, 1.54) is 17.8 Å². The number of nitrogens with two attached hydrogens (primary N) is 1. The Hall–Kier alpha value is -2.79. The number of rotatable bonds is 5. The molecule has 0 unspecified atom stereocenters. The Balaban J connectivity index is 1.37. The smallest absolute Gasteiger partial charge is 0.319 e. The number of halogens is 2. The number of nitrogens with zero attached hydrogens (tertiary/aromatic N) is 5. The highest BCUT2D eigenvalue weighted by Crippen LogP contribution is 2.43. The van der Waals surface area contributed by atoms with Gasteiger partial charge >= 0.3 is 6.01 Å². The molecule has 4 aromatic rings. The zero-order valence-corrected chi connectivity index (χ0v) is 23.4. The zero-order valence-electron chi connectivity index (χ0n) is 21.8. The summed E-state index contributed by atoms with van der Waals surface area (Å²) in [5, 5.41) is 4.74. The summed E-state index contributed by atoms with van der Waals surface area (Å²) in [5.41, 5.74) is 7.92. The van der Waals surface area contributed by atoms with Crippen molar-refractivity contribution in [2.45, 2.75) is 31.7 Å². The minimum atomic E-state index is -0.500. The lowest BCUT2D eigenvalue weighted by atomic mass is 9.75. The van der Waals surface area contributed by atoms with Gasteiger partial charge in [0, 0.05) is 54.1 Å². The van der Waals surface area contributed by atoms with Crippen LogP contribution in [0.2, 0.25) is 5.02 Å². The van der Waals surface area contributed by atoms with Gasteiger partial charge in [-0.15, -0.1) is 0 Å². The summed E-state index contributed by atoms with van der Waals surface area (Å²) in [6.45, 7) is 5.19. The summed E-state index contributed by atoms with van der Waals surface area (Å²) < 4.78 is 23.6. The van der Waals surface area contributed by atoms with Gasteiger partial charge in [-0.2, -0.15) is 9.97 Å². The van der Waals surface area contributed by atoms with Crippen LogP contribution >= 0.6 is 22.9 Å². The number of nitrogen functional groups attached to an aromatic ring is 1. The van der Waals surface area contributed by atoms with Gasteiger partial charge in [0.05, 0.1) is 15.2 Å². The number of anilines is 2. The van der Waals surface area contributed by atoms with Crippen molar-refractivity contribution in [3.63, 3.8) is 0 Å². The largest absolute Gasteiger partial charge is 0.462 e. The summed E-state index contributed by atoms with van der Waals surface area (Å²) in [4.78, 5) is 18.5. The lowest BCUT2D eigenvalue weighted by Crippen LogP contribution is -2.61. The molecule has 3 fully saturated rings. The van der Waals surface area contributed by atoms with E-state index in [-0.39, 0.29) is 22.5 Å². The SMILES string of the molecule is CN1CCC[C@H]1COc1nc(N2CCCC3(CNC3)C2)c2cc(Cl)c(-c3cccc4sc(N)nc34)c(F)c2n1. The molecule has 2 aromatic heterocycles. The fourth-order valence-corrected chi connectivity index (χ4v) is 7.45. The lowest BCUT2D eigenvalue weighted by Gasteiger charge is -2.49. The number of thiazole rings is 1. The third-order valence-corrected chi connectivity index (χ3v) is 9.73. The normalized spacial score (nSPS) is 21.2. The molecule has 3 N–H and O–H groups in total. The van der Waals surface area contributed by atoms with Crippen molar-refractivity contribution in [1.82, 2.24) is 25.2 Å². The van der Waals surface area contributed by atoms with E-state index < -0.39 is 5.82 Å². The molecule has 0 radical (unpaired) electrons. The number of hydrogen-bond acceptors (Lipinski definition) is 9. The Bertz CT molecular complexity index is 1580. The van der Waals surface area contributed by atoms with Crippen molar-refractivity contribution in [2.75, 3.05) is 57.0 Å². The molecule has 11 heteroatoms. The third-order valence-electron chi connectivity index (χ3n) is 8.58. The van der Waals surface area contributed by atoms with E-state index in [0.717, 1.165) is 56.7 Å². The van der Waals surface area contributed by atoms with Gasteiger partial charge in [0.15, 0.2) is 10.9 Å². The van der Waals surface area contributed by atoms with Crippen LogP contribution in [0.15, 0.2) is 24.3 Å². The van der Waals surface area contributed by atoms with E-state index in [9.17, 15) is 0 Å². The Morgan fingerprint density at radius 3 is 2.85 bits per heavy atom. The summed E-state index contributed by atoms with van der Waals surface area (Å²) in [6.07, 6.45) is 4.43. The van der Waals surface area contributed by atoms with Crippen molar-refractivity contribution in [2.24, 2.45) is 5.41 Å². The monoisotopic (exact) mass is 567 g/mol. The fourth-order valence-electron chi connectivity index (χ4n) is 6.40. The molecule has 0 amide bonds. The molecule has 39 heavy (non-hydrogen) atoms. The van der Waals surface area contributed by atoms with E-state index in [0.29, 0.717) is 45.1 Å². The van der Waals surface area contributed by atoms with Gasteiger partial charge in [-0.25, -0.2) is 9.37 Å². The summed E-state index contributed by atoms with van der Waals surface area (Å²) in [6, 6.07) is 7.91. The molecule has 204 valence electrons. The second-order valence-corrected chi connectivity index (χ2v) is 12.7. The van der Waals surface area contributed by atoms with Gasteiger partial charge in [0.25, 0.3) is 0 Å². The number of para-hydroxylation sites is 1. The van der Waals surface area contributed by atoms with Gasteiger partial charge in [0.1, 0.15) is 17.9 Å². The van der Waals surface area contributed by atoms with Gasteiger partial charge in [-0.1, -0.05) is 35.1 Å². The maximum atomic E-state index is 16.6. The Morgan fingerprint density at radius 2 is 2.08 bits per heavy atom. The highest BCUT2D eigenvalue weighted by atomic mass is 35.5. The molecule has 0 saturated carbocycles. The number of fused-ring (bicyclic) bond motifs is 2. The molecular weight excluding hydrogens is 537 g/mol. The van der Waals surface area contributed by atoms with Crippen molar-refractivity contribution in [3.8, 4) is 17.1 Å². The Labute approximate surface area is 235 Å². The summed E-state index contributed by atoms with van der Waals surface area (Å²) in [7, 11) is 2.10. The molecule has 7 rings (SSSR count). The van der Waals surface area contributed by atoms with Crippen LogP contribution in [-0.2, 0) is 0 Å². The van der Waals surface area contributed by atoms with Crippen LogP contribution in [0.5, 0.6) is 6.01 Å². The van der Waals surface area contributed by atoms with Crippen molar-refractivity contribution < 1.29 is 9.13 Å². The number of likely N-dealkylation sites (tertiary alicyclic amines) is 1. The van der Waals surface area contributed by atoms with E-state index in [4.69, 9.17) is 27.1 Å².